The van der Waals surface area contributed by atoms with Gasteiger partial charge in [-0.15, -0.1) is 0 Å². The Bertz CT molecular complexity index is 279. The van der Waals surface area contributed by atoms with Gasteiger partial charge in [0.05, 0.1) is 0 Å². The molecule has 90 valence electrons. The van der Waals surface area contributed by atoms with Crippen molar-refractivity contribution in [3.8, 4) is 0 Å². The molecule has 0 fully saturated rings. The highest BCUT2D eigenvalue weighted by Gasteiger charge is 2.05. The third-order valence-corrected chi connectivity index (χ3v) is 2.93. The van der Waals surface area contributed by atoms with Crippen molar-refractivity contribution in [1.82, 2.24) is 0 Å². The molecule has 1 unspecified atom stereocenters. The van der Waals surface area contributed by atoms with Crippen LogP contribution in [0.5, 0.6) is 0 Å². The van der Waals surface area contributed by atoms with Crippen LogP contribution in [0.4, 0.5) is 11.4 Å². The summed E-state index contributed by atoms with van der Waals surface area (Å²) in [5.41, 5.74) is 7.66. The van der Waals surface area contributed by atoms with Gasteiger partial charge in [0.2, 0.25) is 0 Å². The van der Waals surface area contributed by atoms with Crippen LogP contribution >= 0.6 is 0 Å². The normalized spacial score (nSPS) is 12.4. The lowest BCUT2D eigenvalue weighted by atomic mass is 10.1. The van der Waals surface area contributed by atoms with E-state index in [1.807, 2.05) is 12.1 Å². The minimum absolute atomic E-state index is 0.593. The van der Waals surface area contributed by atoms with Crippen LogP contribution in [-0.2, 0) is 0 Å². The van der Waals surface area contributed by atoms with E-state index in [9.17, 15) is 0 Å². The molecule has 1 aromatic carbocycles. The van der Waals surface area contributed by atoms with Crippen molar-refractivity contribution in [1.29, 1.82) is 0 Å². The van der Waals surface area contributed by atoms with Crippen LogP contribution in [0.3, 0.4) is 0 Å². The van der Waals surface area contributed by atoms with E-state index in [0.717, 1.165) is 5.69 Å². The van der Waals surface area contributed by atoms with Crippen molar-refractivity contribution >= 4 is 11.4 Å². The Morgan fingerprint density at radius 2 is 1.81 bits per heavy atom. The molecule has 1 atom stereocenters. The second kappa shape index (κ2) is 7.15. The molecule has 0 aliphatic carbocycles. The van der Waals surface area contributed by atoms with E-state index < -0.39 is 0 Å². The van der Waals surface area contributed by atoms with Gasteiger partial charge in [-0.3, -0.25) is 0 Å². The molecular formula is C14H24N2. The standard InChI is InChI=1S/C14H24N2/c1-3-5-6-7-13(4-2)16-14-10-8-12(15)9-11-14/h8-11,13,16H,3-7,15H2,1-2H3. The Morgan fingerprint density at radius 1 is 1.12 bits per heavy atom. The molecule has 2 nitrogen and oxygen atoms in total. The fourth-order valence-electron chi connectivity index (χ4n) is 1.83. The van der Waals surface area contributed by atoms with Crippen LogP contribution in [-0.4, -0.2) is 6.04 Å². The van der Waals surface area contributed by atoms with Gasteiger partial charge in [0.25, 0.3) is 0 Å². The lowest BCUT2D eigenvalue weighted by Gasteiger charge is -2.18. The summed E-state index contributed by atoms with van der Waals surface area (Å²) in [6.45, 7) is 4.48. The first kappa shape index (κ1) is 12.9. The van der Waals surface area contributed by atoms with E-state index in [0.29, 0.717) is 6.04 Å². The van der Waals surface area contributed by atoms with Crippen LogP contribution < -0.4 is 11.1 Å². The number of rotatable bonds is 7. The summed E-state index contributed by atoms with van der Waals surface area (Å²) in [7, 11) is 0. The summed E-state index contributed by atoms with van der Waals surface area (Å²) in [5.74, 6) is 0. The summed E-state index contributed by atoms with van der Waals surface area (Å²) >= 11 is 0. The van der Waals surface area contributed by atoms with Gasteiger partial charge in [-0.25, -0.2) is 0 Å². The molecule has 3 N–H and O–H groups in total. The Labute approximate surface area is 99.2 Å². The van der Waals surface area contributed by atoms with Crippen molar-refractivity contribution in [2.45, 2.75) is 52.0 Å². The van der Waals surface area contributed by atoms with Gasteiger partial charge in [-0.1, -0.05) is 33.1 Å². The fraction of sp³-hybridized carbons (Fsp3) is 0.571. The summed E-state index contributed by atoms with van der Waals surface area (Å²) < 4.78 is 0. The zero-order valence-corrected chi connectivity index (χ0v) is 10.5. The average Bonchev–Trinajstić information content (AvgIpc) is 2.31. The van der Waals surface area contributed by atoms with Gasteiger partial charge in [0, 0.05) is 17.4 Å². The summed E-state index contributed by atoms with van der Waals surface area (Å²) in [6.07, 6.45) is 6.37. The lowest BCUT2D eigenvalue weighted by molar-refractivity contribution is 0.574. The molecular weight excluding hydrogens is 196 g/mol. The minimum Gasteiger partial charge on any atom is -0.399 e. The van der Waals surface area contributed by atoms with E-state index in [1.165, 1.54) is 37.8 Å². The highest BCUT2D eigenvalue weighted by molar-refractivity contribution is 5.51. The maximum absolute atomic E-state index is 5.66. The Kier molecular flexibility index (Phi) is 5.76. The Morgan fingerprint density at radius 3 is 2.38 bits per heavy atom. The predicted octanol–water partition coefficient (Wildman–Crippen LogP) is 4.04. The van der Waals surface area contributed by atoms with Gasteiger partial charge < -0.3 is 11.1 Å². The molecule has 0 spiro atoms. The zero-order chi connectivity index (χ0) is 11.8. The number of anilines is 2. The Balaban J connectivity index is 2.40. The summed E-state index contributed by atoms with van der Waals surface area (Å²) in [5, 5.41) is 3.56. The van der Waals surface area contributed by atoms with Crippen LogP contribution in [0.1, 0.15) is 46.0 Å². The molecule has 0 aliphatic heterocycles. The largest absolute Gasteiger partial charge is 0.399 e. The number of unbranched alkanes of at least 4 members (excludes halogenated alkanes) is 2. The van der Waals surface area contributed by atoms with E-state index >= 15 is 0 Å². The molecule has 0 radical (unpaired) electrons. The SMILES string of the molecule is CCCCCC(CC)Nc1ccc(N)cc1. The first-order valence-corrected chi connectivity index (χ1v) is 6.38. The number of nitrogens with two attached hydrogens (primary N) is 1. The first-order valence-electron chi connectivity index (χ1n) is 6.38. The molecule has 0 aliphatic rings. The maximum atomic E-state index is 5.66. The quantitative estimate of drug-likeness (QED) is 0.537. The van der Waals surface area contributed by atoms with Crippen molar-refractivity contribution in [2.24, 2.45) is 0 Å². The van der Waals surface area contributed by atoms with E-state index in [4.69, 9.17) is 5.73 Å². The number of benzene rings is 1. The molecule has 2 heteroatoms. The second-order valence-corrected chi connectivity index (χ2v) is 4.37. The molecule has 0 heterocycles. The molecule has 16 heavy (non-hydrogen) atoms. The number of hydrogen-bond acceptors (Lipinski definition) is 2. The van der Waals surface area contributed by atoms with Crippen molar-refractivity contribution in [2.75, 3.05) is 11.1 Å². The third-order valence-electron chi connectivity index (χ3n) is 2.93. The Hall–Kier alpha value is -1.18. The predicted molar refractivity (Wildman–Crippen MR) is 72.7 cm³/mol. The molecule has 1 aromatic rings. The smallest absolute Gasteiger partial charge is 0.0343 e. The number of nitrogen functional groups attached to an aromatic ring is 1. The van der Waals surface area contributed by atoms with Crippen LogP contribution in [0.2, 0.25) is 0 Å². The van der Waals surface area contributed by atoms with Crippen molar-refractivity contribution in [3.63, 3.8) is 0 Å². The third kappa shape index (κ3) is 4.56. The van der Waals surface area contributed by atoms with Crippen molar-refractivity contribution < 1.29 is 0 Å². The van der Waals surface area contributed by atoms with Crippen LogP contribution in [0, 0.1) is 0 Å². The monoisotopic (exact) mass is 220 g/mol. The molecule has 0 aromatic heterocycles. The summed E-state index contributed by atoms with van der Waals surface area (Å²) in [6, 6.07) is 8.59. The van der Waals surface area contributed by atoms with Crippen molar-refractivity contribution in [3.05, 3.63) is 24.3 Å². The summed E-state index contributed by atoms with van der Waals surface area (Å²) in [4.78, 5) is 0. The van der Waals surface area contributed by atoms with Crippen LogP contribution in [0.25, 0.3) is 0 Å². The van der Waals surface area contributed by atoms with Gasteiger partial charge in [-0.05, 0) is 37.1 Å². The topological polar surface area (TPSA) is 38.0 Å². The number of hydrogen-bond donors (Lipinski definition) is 2. The number of nitrogens with one attached hydrogen (secondary N) is 1. The highest BCUT2D eigenvalue weighted by Crippen LogP contribution is 2.15. The molecule has 0 amide bonds. The van der Waals surface area contributed by atoms with E-state index in [2.05, 4.69) is 31.3 Å². The van der Waals surface area contributed by atoms with Gasteiger partial charge >= 0.3 is 0 Å². The lowest BCUT2D eigenvalue weighted by Crippen LogP contribution is -2.18. The fourth-order valence-corrected chi connectivity index (χ4v) is 1.83. The molecule has 0 bridgehead atoms. The average molecular weight is 220 g/mol. The maximum Gasteiger partial charge on any atom is 0.0343 e. The minimum atomic E-state index is 0.593. The first-order chi connectivity index (χ1) is 7.76. The molecule has 0 saturated heterocycles. The second-order valence-electron chi connectivity index (χ2n) is 4.37. The molecule has 0 saturated carbocycles. The van der Waals surface area contributed by atoms with E-state index in [1.54, 1.807) is 0 Å². The van der Waals surface area contributed by atoms with E-state index in [-0.39, 0.29) is 0 Å². The van der Waals surface area contributed by atoms with Gasteiger partial charge in [0.1, 0.15) is 0 Å². The van der Waals surface area contributed by atoms with Gasteiger partial charge in [0.15, 0.2) is 0 Å². The molecule has 1 rings (SSSR count). The van der Waals surface area contributed by atoms with Gasteiger partial charge in [-0.2, -0.15) is 0 Å². The zero-order valence-electron chi connectivity index (χ0n) is 10.5. The van der Waals surface area contributed by atoms with Crippen LogP contribution in [0.15, 0.2) is 24.3 Å². The highest BCUT2D eigenvalue weighted by atomic mass is 14.9.